The van der Waals surface area contributed by atoms with Gasteiger partial charge in [-0.25, -0.2) is 0 Å². The Hall–Kier alpha value is -0.120. The molecule has 0 aromatic carbocycles. The molecule has 0 aliphatic heterocycles. The molecule has 0 fully saturated rings. The van der Waals surface area contributed by atoms with Gasteiger partial charge in [0.05, 0.1) is 6.61 Å². The molecule has 0 aliphatic rings. The Balaban J connectivity index is 3.31. The van der Waals surface area contributed by atoms with Crippen LogP contribution in [0.1, 0.15) is 39.5 Å². The zero-order valence-corrected chi connectivity index (χ0v) is 8.87. The van der Waals surface area contributed by atoms with E-state index in [1.54, 1.807) is 0 Å². The molecule has 5 N–H and O–H groups in total. The van der Waals surface area contributed by atoms with Crippen LogP contribution in [0.25, 0.3) is 0 Å². The van der Waals surface area contributed by atoms with Crippen molar-refractivity contribution in [3.05, 3.63) is 0 Å². The lowest BCUT2D eigenvalue weighted by atomic mass is 9.96. The topological polar surface area (TPSA) is 72.3 Å². The van der Waals surface area contributed by atoms with Crippen molar-refractivity contribution in [3.63, 3.8) is 0 Å². The van der Waals surface area contributed by atoms with Crippen LogP contribution in [0.4, 0.5) is 0 Å². The lowest BCUT2D eigenvalue weighted by molar-refractivity contribution is 0.255. The first-order valence-electron chi connectivity index (χ1n) is 5.18. The summed E-state index contributed by atoms with van der Waals surface area (Å²) in [7, 11) is 0. The van der Waals surface area contributed by atoms with Crippen LogP contribution in [0.2, 0.25) is 0 Å². The van der Waals surface area contributed by atoms with Gasteiger partial charge in [0.2, 0.25) is 0 Å². The van der Waals surface area contributed by atoms with Crippen molar-refractivity contribution in [3.8, 4) is 0 Å². The molecule has 0 spiro atoms. The molecule has 3 atom stereocenters. The van der Waals surface area contributed by atoms with E-state index in [4.69, 9.17) is 16.6 Å². The van der Waals surface area contributed by atoms with E-state index < -0.39 is 0 Å². The predicted octanol–water partition coefficient (Wildman–Crippen LogP) is 0.850. The molecule has 0 bridgehead atoms. The number of hydrogen-bond acceptors (Lipinski definition) is 3. The van der Waals surface area contributed by atoms with Crippen LogP contribution in [-0.2, 0) is 0 Å². The average Bonchev–Trinajstić information content (AvgIpc) is 2.02. The number of rotatable bonds is 7. The summed E-state index contributed by atoms with van der Waals surface area (Å²) in [6.45, 7) is 4.35. The van der Waals surface area contributed by atoms with Crippen LogP contribution in [0.3, 0.4) is 0 Å². The summed E-state index contributed by atoms with van der Waals surface area (Å²) in [4.78, 5) is 0. The lowest BCUT2D eigenvalue weighted by Crippen LogP contribution is -2.24. The molecule has 0 rings (SSSR count). The SMILES string of the molecule is CC(N)CC(C)CCC[C@@H](N)CO. The summed E-state index contributed by atoms with van der Waals surface area (Å²) < 4.78 is 0. The Labute approximate surface area is 81.5 Å². The number of aliphatic hydroxyl groups excluding tert-OH is 1. The van der Waals surface area contributed by atoms with Gasteiger partial charge in [-0.15, -0.1) is 0 Å². The second kappa shape index (κ2) is 7.30. The summed E-state index contributed by atoms with van der Waals surface area (Å²) >= 11 is 0. The fourth-order valence-electron chi connectivity index (χ4n) is 1.57. The minimum absolute atomic E-state index is 0.0394. The van der Waals surface area contributed by atoms with E-state index >= 15 is 0 Å². The second-order valence-electron chi connectivity index (χ2n) is 4.19. The minimum atomic E-state index is -0.0394. The molecule has 3 heteroatoms. The molecule has 0 amide bonds. The van der Waals surface area contributed by atoms with Crippen molar-refractivity contribution < 1.29 is 5.11 Å². The number of aliphatic hydroxyl groups is 1. The van der Waals surface area contributed by atoms with Crippen molar-refractivity contribution >= 4 is 0 Å². The second-order valence-corrected chi connectivity index (χ2v) is 4.19. The molecule has 13 heavy (non-hydrogen) atoms. The van der Waals surface area contributed by atoms with Gasteiger partial charge in [-0.2, -0.15) is 0 Å². The van der Waals surface area contributed by atoms with Gasteiger partial charge in [-0.05, 0) is 25.7 Å². The van der Waals surface area contributed by atoms with Gasteiger partial charge in [0.15, 0.2) is 0 Å². The fourth-order valence-corrected chi connectivity index (χ4v) is 1.57. The minimum Gasteiger partial charge on any atom is -0.395 e. The van der Waals surface area contributed by atoms with Crippen LogP contribution < -0.4 is 11.5 Å². The van der Waals surface area contributed by atoms with E-state index in [9.17, 15) is 0 Å². The van der Waals surface area contributed by atoms with Gasteiger partial charge < -0.3 is 16.6 Å². The van der Waals surface area contributed by atoms with Crippen molar-refractivity contribution in [1.82, 2.24) is 0 Å². The summed E-state index contributed by atoms with van der Waals surface area (Å²) in [5.74, 6) is 0.672. The monoisotopic (exact) mass is 188 g/mol. The van der Waals surface area contributed by atoms with Crippen molar-refractivity contribution in [1.29, 1.82) is 0 Å². The van der Waals surface area contributed by atoms with Crippen molar-refractivity contribution in [2.75, 3.05) is 6.61 Å². The van der Waals surface area contributed by atoms with Crippen LogP contribution >= 0.6 is 0 Å². The van der Waals surface area contributed by atoms with E-state index in [0.717, 1.165) is 25.7 Å². The Bertz CT molecular complexity index is 117. The molecule has 0 radical (unpaired) electrons. The van der Waals surface area contributed by atoms with E-state index in [2.05, 4.69) is 6.92 Å². The van der Waals surface area contributed by atoms with Gasteiger partial charge in [0, 0.05) is 12.1 Å². The summed E-state index contributed by atoms with van der Waals surface area (Å²) in [6.07, 6.45) is 4.25. The smallest absolute Gasteiger partial charge is 0.0582 e. The van der Waals surface area contributed by atoms with Gasteiger partial charge in [-0.1, -0.05) is 19.8 Å². The lowest BCUT2D eigenvalue weighted by Gasteiger charge is -2.14. The molecular formula is C10H24N2O. The van der Waals surface area contributed by atoms with Crippen LogP contribution in [0, 0.1) is 5.92 Å². The maximum atomic E-state index is 8.70. The van der Waals surface area contributed by atoms with E-state index in [1.165, 1.54) is 0 Å². The van der Waals surface area contributed by atoms with Crippen LogP contribution in [-0.4, -0.2) is 23.8 Å². The molecule has 0 heterocycles. The Morgan fingerprint density at radius 1 is 1.15 bits per heavy atom. The third-order valence-electron chi connectivity index (χ3n) is 2.28. The maximum Gasteiger partial charge on any atom is 0.0582 e. The van der Waals surface area contributed by atoms with Gasteiger partial charge >= 0.3 is 0 Å². The standard InChI is InChI=1S/C10H24N2O/c1-8(6-9(2)11)4-3-5-10(12)7-13/h8-10,13H,3-7,11-12H2,1-2H3/t8?,9?,10-/m1/s1. The highest BCUT2D eigenvalue weighted by molar-refractivity contribution is 4.64. The molecule has 80 valence electrons. The van der Waals surface area contributed by atoms with E-state index in [0.29, 0.717) is 12.0 Å². The van der Waals surface area contributed by atoms with Gasteiger partial charge in [0.25, 0.3) is 0 Å². The molecule has 0 aromatic heterocycles. The van der Waals surface area contributed by atoms with Crippen LogP contribution in [0.5, 0.6) is 0 Å². The Kier molecular flexibility index (Phi) is 7.23. The molecule has 0 saturated carbocycles. The Morgan fingerprint density at radius 3 is 2.23 bits per heavy atom. The highest BCUT2D eigenvalue weighted by atomic mass is 16.3. The molecule has 3 nitrogen and oxygen atoms in total. The van der Waals surface area contributed by atoms with E-state index in [1.807, 2.05) is 6.92 Å². The van der Waals surface area contributed by atoms with Gasteiger partial charge in [0.1, 0.15) is 0 Å². The summed E-state index contributed by atoms with van der Waals surface area (Å²) in [6, 6.07) is 0.254. The fraction of sp³-hybridized carbons (Fsp3) is 1.00. The zero-order chi connectivity index (χ0) is 10.3. The summed E-state index contributed by atoms with van der Waals surface area (Å²) in [5.41, 5.74) is 11.3. The third kappa shape index (κ3) is 8.22. The van der Waals surface area contributed by atoms with E-state index in [-0.39, 0.29) is 12.6 Å². The first-order valence-corrected chi connectivity index (χ1v) is 5.18. The number of nitrogens with two attached hydrogens (primary N) is 2. The normalized spacial score (nSPS) is 18.2. The molecular weight excluding hydrogens is 164 g/mol. The maximum absolute atomic E-state index is 8.70. The summed E-state index contributed by atoms with van der Waals surface area (Å²) in [5, 5.41) is 8.70. The first-order chi connectivity index (χ1) is 6.06. The van der Waals surface area contributed by atoms with Crippen molar-refractivity contribution in [2.45, 2.75) is 51.6 Å². The predicted molar refractivity (Wildman–Crippen MR) is 56.3 cm³/mol. The molecule has 2 unspecified atom stereocenters. The van der Waals surface area contributed by atoms with Gasteiger partial charge in [-0.3, -0.25) is 0 Å². The molecule has 0 aliphatic carbocycles. The first kappa shape index (κ1) is 12.9. The third-order valence-corrected chi connectivity index (χ3v) is 2.28. The molecule has 0 aromatic rings. The van der Waals surface area contributed by atoms with Crippen molar-refractivity contribution in [2.24, 2.45) is 17.4 Å². The average molecular weight is 188 g/mol. The zero-order valence-electron chi connectivity index (χ0n) is 8.87. The highest BCUT2D eigenvalue weighted by Crippen LogP contribution is 2.13. The quantitative estimate of drug-likeness (QED) is 0.554. The Morgan fingerprint density at radius 2 is 1.77 bits per heavy atom. The van der Waals surface area contributed by atoms with Crippen LogP contribution in [0.15, 0.2) is 0 Å². The molecule has 0 saturated heterocycles. The largest absolute Gasteiger partial charge is 0.395 e. The highest BCUT2D eigenvalue weighted by Gasteiger charge is 2.06. The number of hydrogen-bond donors (Lipinski definition) is 3.